The number of halogens is 6. The summed E-state index contributed by atoms with van der Waals surface area (Å²) in [6.45, 7) is 1.29. The van der Waals surface area contributed by atoms with E-state index in [0.29, 0.717) is 38.6 Å². The van der Waals surface area contributed by atoms with Crippen LogP contribution >= 0.6 is 0 Å². The number of hydrogen-bond acceptors (Lipinski definition) is 9. The molecule has 38 heavy (non-hydrogen) atoms. The van der Waals surface area contributed by atoms with Gasteiger partial charge in [-0.3, -0.25) is 9.59 Å². The van der Waals surface area contributed by atoms with E-state index in [2.05, 4.69) is 25.1 Å². The van der Waals surface area contributed by atoms with E-state index in [0.717, 1.165) is 6.20 Å². The van der Waals surface area contributed by atoms with Gasteiger partial charge in [-0.25, -0.2) is 15.1 Å². The van der Waals surface area contributed by atoms with Crippen molar-refractivity contribution >= 4 is 17.5 Å². The SMILES string of the molecule is COC.O=C(CCOCCNc1cn[nH]c(=O)c1C(F)(F)F)N1CCN(c2ncc(C(F)(F)F)cn2)CC1. The van der Waals surface area contributed by atoms with Gasteiger partial charge in [0.25, 0.3) is 5.56 Å². The Kier molecular flexibility index (Phi) is 11.2. The number of carbonyl (C=O) groups excluding carboxylic acids is 1. The largest absolute Gasteiger partial charge is 0.423 e. The standard InChI is InChI=1S/C19H21F6N7O3.C2H6O/c20-18(21,22)12-9-27-17(28-10-12)32-5-3-31(4-6-32)14(33)1-7-35-8-2-26-13-11-29-30-16(34)15(13)19(23,24)25;1-3-2/h9-11H,1-8H2,(H2,26,30,34);1-2H3. The molecule has 212 valence electrons. The first-order chi connectivity index (χ1) is 17.9. The van der Waals surface area contributed by atoms with E-state index in [1.54, 1.807) is 29.1 Å². The number of piperazine rings is 1. The first-order valence-corrected chi connectivity index (χ1v) is 11.2. The van der Waals surface area contributed by atoms with Crippen molar-refractivity contribution in [3.05, 3.63) is 40.1 Å². The summed E-state index contributed by atoms with van der Waals surface area (Å²) in [5.41, 5.74) is -4.17. The van der Waals surface area contributed by atoms with Crippen LogP contribution in [-0.4, -0.2) is 91.1 Å². The Morgan fingerprint density at radius 2 is 1.61 bits per heavy atom. The van der Waals surface area contributed by atoms with E-state index >= 15 is 0 Å². The van der Waals surface area contributed by atoms with Gasteiger partial charge in [-0.1, -0.05) is 0 Å². The zero-order valence-electron chi connectivity index (χ0n) is 20.5. The number of amides is 1. The number of H-pyrrole nitrogens is 1. The number of nitrogens with one attached hydrogen (secondary N) is 2. The van der Waals surface area contributed by atoms with E-state index in [9.17, 15) is 35.9 Å². The third-order valence-corrected chi connectivity index (χ3v) is 5.04. The van der Waals surface area contributed by atoms with Crippen molar-refractivity contribution in [1.29, 1.82) is 0 Å². The lowest BCUT2D eigenvalue weighted by Crippen LogP contribution is -2.49. The Bertz CT molecular complexity index is 1070. The van der Waals surface area contributed by atoms with Crippen LogP contribution in [0.25, 0.3) is 0 Å². The number of rotatable bonds is 8. The zero-order chi connectivity index (χ0) is 28.3. The number of aromatic amines is 1. The summed E-state index contributed by atoms with van der Waals surface area (Å²) in [7, 11) is 3.25. The molecule has 3 heterocycles. The molecule has 1 aliphatic heterocycles. The van der Waals surface area contributed by atoms with Crippen LogP contribution in [0, 0.1) is 0 Å². The molecule has 2 aromatic rings. The van der Waals surface area contributed by atoms with Gasteiger partial charge in [-0.2, -0.15) is 31.4 Å². The molecule has 3 rings (SSSR count). The van der Waals surface area contributed by atoms with E-state index in [1.165, 1.54) is 0 Å². The normalized spacial score (nSPS) is 14.1. The van der Waals surface area contributed by atoms with Crippen LogP contribution in [0.2, 0.25) is 0 Å². The summed E-state index contributed by atoms with van der Waals surface area (Å²) in [5.74, 6) is -0.0608. The third kappa shape index (κ3) is 9.13. The molecule has 0 atom stereocenters. The highest BCUT2D eigenvalue weighted by molar-refractivity contribution is 5.76. The van der Waals surface area contributed by atoms with Crippen LogP contribution < -0.4 is 15.8 Å². The highest BCUT2D eigenvalue weighted by Crippen LogP contribution is 2.31. The van der Waals surface area contributed by atoms with Gasteiger partial charge in [0, 0.05) is 59.3 Å². The summed E-state index contributed by atoms with van der Waals surface area (Å²) in [4.78, 5) is 34.4. The van der Waals surface area contributed by atoms with Gasteiger partial charge in [-0.05, 0) is 0 Å². The maximum atomic E-state index is 13.0. The highest BCUT2D eigenvalue weighted by atomic mass is 19.4. The van der Waals surface area contributed by atoms with Gasteiger partial charge in [0.15, 0.2) is 0 Å². The second-order valence-corrected chi connectivity index (χ2v) is 7.82. The Morgan fingerprint density at radius 3 is 2.16 bits per heavy atom. The van der Waals surface area contributed by atoms with E-state index in [-0.39, 0.29) is 38.0 Å². The molecule has 2 aromatic heterocycles. The second-order valence-electron chi connectivity index (χ2n) is 7.82. The van der Waals surface area contributed by atoms with Crippen LogP contribution in [-0.2, 0) is 26.6 Å². The molecule has 0 aromatic carbocycles. The molecule has 2 N–H and O–H groups in total. The Hall–Kier alpha value is -3.47. The van der Waals surface area contributed by atoms with Crippen LogP contribution in [0.3, 0.4) is 0 Å². The van der Waals surface area contributed by atoms with Crippen LogP contribution in [0.1, 0.15) is 17.5 Å². The molecular formula is C21H27F6N7O4. The number of nitrogens with zero attached hydrogens (tertiary/aromatic N) is 5. The zero-order valence-corrected chi connectivity index (χ0v) is 20.5. The number of aromatic nitrogens is 4. The van der Waals surface area contributed by atoms with Crippen molar-refractivity contribution in [2.75, 3.05) is 70.4 Å². The average Bonchev–Trinajstić information content (AvgIpc) is 2.85. The van der Waals surface area contributed by atoms with Crippen molar-refractivity contribution in [1.82, 2.24) is 25.1 Å². The lowest BCUT2D eigenvalue weighted by molar-refractivity contribution is -0.139. The highest BCUT2D eigenvalue weighted by Gasteiger charge is 2.37. The molecular weight excluding hydrogens is 528 g/mol. The smallest absolute Gasteiger partial charge is 0.388 e. The summed E-state index contributed by atoms with van der Waals surface area (Å²) in [6, 6.07) is 0. The number of hydrogen-bond donors (Lipinski definition) is 2. The van der Waals surface area contributed by atoms with Crippen molar-refractivity contribution < 1.29 is 40.6 Å². The maximum absolute atomic E-state index is 13.0. The Morgan fingerprint density at radius 1 is 1.00 bits per heavy atom. The molecule has 1 saturated heterocycles. The molecule has 0 spiro atoms. The number of carbonyl (C=O) groups is 1. The predicted octanol–water partition coefficient (Wildman–Crippen LogP) is 2.03. The Labute approximate surface area is 213 Å². The number of alkyl halides is 6. The first kappa shape index (κ1) is 30.8. The third-order valence-electron chi connectivity index (χ3n) is 5.04. The van der Waals surface area contributed by atoms with Crippen molar-refractivity contribution in [3.63, 3.8) is 0 Å². The topological polar surface area (TPSA) is 126 Å². The van der Waals surface area contributed by atoms with Crippen molar-refractivity contribution in [3.8, 4) is 0 Å². The molecule has 1 fully saturated rings. The second kappa shape index (κ2) is 13.9. The first-order valence-electron chi connectivity index (χ1n) is 11.2. The average molecular weight is 555 g/mol. The fourth-order valence-corrected chi connectivity index (χ4v) is 3.28. The summed E-state index contributed by atoms with van der Waals surface area (Å²) < 4.78 is 86.3. The molecule has 1 aliphatic rings. The van der Waals surface area contributed by atoms with Gasteiger partial charge < -0.3 is 24.6 Å². The lowest BCUT2D eigenvalue weighted by Gasteiger charge is -2.34. The molecule has 11 nitrogen and oxygen atoms in total. The molecule has 0 saturated carbocycles. The van der Waals surface area contributed by atoms with Crippen molar-refractivity contribution in [2.45, 2.75) is 18.8 Å². The number of ether oxygens (including phenoxy) is 2. The van der Waals surface area contributed by atoms with Gasteiger partial charge in [-0.15, -0.1) is 0 Å². The predicted molar refractivity (Wildman–Crippen MR) is 123 cm³/mol. The monoisotopic (exact) mass is 555 g/mol. The summed E-state index contributed by atoms with van der Waals surface area (Å²) >= 11 is 0. The fourth-order valence-electron chi connectivity index (χ4n) is 3.28. The molecule has 0 radical (unpaired) electrons. The minimum Gasteiger partial charge on any atom is -0.388 e. The maximum Gasteiger partial charge on any atom is 0.423 e. The van der Waals surface area contributed by atoms with Gasteiger partial charge in [0.1, 0.15) is 5.56 Å². The van der Waals surface area contributed by atoms with Crippen LogP contribution in [0.15, 0.2) is 23.4 Å². The van der Waals surface area contributed by atoms with Gasteiger partial charge in [0.05, 0.1) is 37.1 Å². The lowest BCUT2D eigenvalue weighted by atomic mass is 10.2. The Balaban J connectivity index is 0.00000161. The quantitative estimate of drug-likeness (QED) is 0.372. The number of methoxy groups -OCH3 is 1. The summed E-state index contributed by atoms with van der Waals surface area (Å²) in [5, 5.41) is 7.51. The van der Waals surface area contributed by atoms with Crippen molar-refractivity contribution in [2.24, 2.45) is 0 Å². The van der Waals surface area contributed by atoms with E-state index in [1.807, 2.05) is 0 Å². The number of anilines is 2. The van der Waals surface area contributed by atoms with E-state index in [4.69, 9.17) is 4.74 Å². The minimum absolute atomic E-state index is 0.0174. The fraction of sp³-hybridized carbons (Fsp3) is 0.571. The van der Waals surface area contributed by atoms with Gasteiger partial charge in [0.2, 0.25) is 11.9 Å². The molecule has 17 heteroatoms. The minimum atomic E-state index is -4.85. The molecule has 0 unspecified atom stereocenters. The van der Waals surface area contributed by atoms with E-state index < -0.39 is 34.7 Å². The summed E-state index contributed by atoms with van der Waals surface area (Å²) in [6.07, 6.45) is -7.06. The molecule has 1 amide bonds. The molecule has 0 bridgehead atoms. The van der Waals surface area contributed by atoms with Crippen LogP contribution in [0.4, 0.5) is 38.0 Å². The molecule has 0 aliphatic carbocycles. The van der Waals surface area contributed by atoms with Gasteiger partial charge >= 0.3 is 12.4 Å². The van der Waals surface area contributed by atoms with Crippen LogP contribution in [0.5, 0.6) is 0 Å².